The second kappa shape index (κ2) is 7.29. The second-order valence-corrected chi connectivity index (χ2v) is 5.43. The summed E-state index contributed by atoms with van der Waals surface area (Å²) in [6.45, 7) is 8.26. The molecule has 1 fully saturated rings. The summed E-state index contributed by atoms with van der Waals surface area (Å²) >= 11 is 0. The van der Waals surface area contributed by atoms with Gasteiger partial charge in [0.15, 0.2) is 0 Å². The Morgan fingerprint density at radius 1 is 1.25 bits per heavy atom. The highest BCUT2D eigenvalue weighted by atomic mass is 16.5. The summed E-state index contributed by atoms with van der Waals surface area (Å²) in [6.07, 6.45) is 5.50. The minimum atomic E-state index is -0.101. The van der Waals surface area contributed by atoms with Crippen LogP contribution in [0.4, 0.5) is 0 Å². The molecule has 0 amide bonds. The molecule has 1 aliphatic carbocycles. The molecule has 2 nitrogen and oxygen atoms in total. The van der Waals surface area contributed by atoms with Crippen LogP contribution in [-0.2, 0) is 4.74 Å². The van der Waals surface area contributed by atoms with Gasteiger partial charge in [0.25, 0.3) is 0 Å². The predicted molar refractivity (Wildman–Crippen MR) is 67.4 cm³/mol. The Kier molecular flexibility index (Phi) is 6.37. The van der Waals surface area contributed by atoms with E-state index < -0.39 is 0 Å². The predicted octanol–water partition coefficient (Wildman–Crippen LogP) is 3.24. The van der Waals surface area contributed by atoms with E-state index >= 15 is 0 Å². The van der Waals surface area contributed by atoms with Gasteiger partial charge in [0.1, 0.15) is 0 Å². The summed E-state index contributed by atoms with van der Waals surface area (Å²) in [6, 6.07) is 0. The fourth-order valence-electron chi connectivity index (χ4n) is 2.71. The van der Waals surface area contributed by atoms with Crippen LogP contribution in [0.3, 0.4) is 0 Å². The van der Waals surface area contributed by atoms with Gasteiger partial charge in [-0.1, -0.05) is 20.3 Å². The second-order valence-electron chi connectivity index (χ2n) is 5.43. The third kappa shape index (κ3) is 4.42. The summed E-state index contributed by atoms with van der Waals surface area (Å²) < 4.78 is 5.30. The zero-order valence-corrected chi connectivity index (χ0v) is 11.1. The number of aliphatic hydroxyl groups is 1. The molecule has 0 aromatic carbocycles. The van der Waals surface area contributed by atoms with Crippen LogP contribution in [0, 0.1) is 17.8 Å². The van der Waals surface area contributed by atoms with Gasteiger partial charge in [-0.05, 0) is 50.4 Å². The summed E-state index contributed by atoms with van der Waals surface area (Å²) in [4.78, 5) is 0. The van der Waals surface area contributed by atoms with Gasteiger partial charge in [0.05, 0.1) is 6.10 Å². The maximum absolute atomic E-state index is 10.1. The average molecular weight is 228 g/mol. The Morgan fingerprint density at radius 3 is 2.62 bits per heavy atom. The van der Waals surface area contributed by atoms with Gasteiger partial charge in [-0.25, -0.2) is 0 Å². The SMILES string of the molecule is CCOCCCC(O)C1CCC(C)C(C)C1. The molecule has 4 atom stereocenters. The van der Waals surface area contributed by atoms with Crippen LogP contribution in [0.15, 0.2) is 0 Å². The lowest BCUT2D eigenvalue weighted by Gasteiger charge is -2.34. The van der Waals surface area contributed by atoms with Crippen molar-refractivity contribution in [2.45, 2.75) is 59.0 Å². The first kappa shape index (κ1) is 14.0. The van der Waals surface area contributed by atoms with Crippen LogP contribution >= 0.6 is 0 Å². The molecular formula is C14H28O2. The lowest BCUT2D eigenvalue weighted by molar-refractivity contribution is 0.0411. The minimum absolute atomic E-state index is 0.101. The first-order chi connectivity index (χ1) is 7.65. The van der Waals surface area contributed by atoms with Gasteiger partial charge >= 0.3 is 0 Å². The van der Waals surface area contributed by atoms with Crippen LogP contribution in [-0.4, -0.2) is 24.4 Å². The maximum Gasteiger partial charge on any atom is 0.0569 e. The molecule has 0 bridgehead atoms. The maximum atomic E-state index is 10.1. The topological polar surface area (TPSA) is 29.5 Å². The van der Waals surface area contributed by atoms with E-state index in [0.29, 0.717) is 5.92 Å². The number of rotatable bonds is 6. The number of aliphatic hydroxyl groups excluding tert-OH is 1. The van der Waals surface area contributed by atoms with Crippen LogP contribution in [0.1, 0.15) is 52.9 Å². The van der Waals surface area contributed by atoms with Crippen molar-refractivity contribution < 1.29 is 9.84 Å². The monoisotopic (exact) mass is 228 g/mol. The van der Waals surface area contributed by atoms with E-state index in [-0.39, 0.29) is 6.10 Å². The molecule has 1 saturated carbocycles. The summed E-state index contributed by atoms with van der Waals surface area (Å²) in [7, 11) is 0. The molecule has 4 unspecified atom stereocenters. The Labute approximate surface area is 100 Å². The van der Waals surface area contributed by atoms with Crippen molar-refractivity contribution in [3.05, 3.63) is 0 Å². The van der Waals surface area contributed by atoms with Crippen molar-refractivity contribution in [1.82, 2.24) is 0 Å². The molecule has 0 aromatic rings. The molecular weight excluding hydrogens is 200 g/mol. The van der Waals surface area contributed by atoms with Gasteiger partial charge < -0.3 is 9.84 Å². The van der Waals surface area contributed by atoms with Crippen molar-refractivity contribution in [2.24, 2.45) is 17.8 Å². The fourth-order valence-corrected chi connectivity index (χ4v) is 2.71. The van der Waals surface area contributed by atoms with Crippen molar-refractivity contribution in [3.63, 3.8) is 0 Å². The Hall–Kier alpha value is -0.0800. The lowest BCUT2D eigenvalue weighted by Crippen LogP contribution is -2.29. The number of hydrogen-bond donors (Lipinski definition) is 1. The molecule has 96 valence electrons. The molecule has 2 heteroatoms. The van der Waals surface area contributed by atoms with Crippen molar-refractivity contribution in [2.75, 3.05) is 13.2 Å². The molecule has 0 spiro atoms. The first-order valence-corrected chi connectivity index (χ1v) is 6.91. The van der Waals surface area contributed by atoms with E-state index in [1.165, 1.54) is 19.3 Å². The molecule has 1 N–H and O–H groups in total. The minimum Gasteiger partial charge on any atom is -0.393 e. The molecule has 0 heterocycles. The normalized spacial score (nSPS) is 32.6. The Bertz CT molecular complexity index is 182. The highest BCUT2D eigenvalue weighted by Crippen LogP contribution is 2.35. The summed E-state index contributed by atoms with van der Waals surface area (Å²) in [5.41, 5.74) is 0. The molecule has 0 aromatic heterocycles. The third-order valence-corrected chi connectivity index (χ3v) is 4.18. The number of hydrogen-bond acceptors (Lipinski definition) is 2. The van der Waals surface area contributed by atoms with Gasteiger partial charge in [-0.15, -0.1) is 0 Å². The van der Waals surface area contributed by atoms with Gasteiger partial charge in [0, 0.05) is 13.2 Å². The van der Waals surface area contributed by atoms with Crippen LogP contribution in [0.2, 0.25) is 0 Å². The smallest absolute Gasteiger partial charge is 0.0569 e. The van der Waals surface area contributed by atoms with Crippen LogP contribution < -0.4 is 0 Å². The number of ether oxygens (including phenoxy) is 1. The highest BCUT2D eigenvalue weighted by Gasteiger charge is 2.28. The van der Waals surface area contributed by atoms with E-state index in [1.807, 2.05) is 6.92 Å². The molecule has 1 rings (SSSR count). The van der Waals surface area contributed by atoms with E-state index in [1.54, 1.807) is 0 Å². The zero-order valence-electron chi connectivity index (χ0n) is 11.1. The summed E-state index contributed by atoms with van der Waals surface area (Å²) in [5, 5.41) is 10.1. The molecule has 0 saturated heterocycles. The quantitative estimate of drug-likeness (QED) is 0.707. The van der Waals surface area contributed by atoms with Crippen molar-refractivity contribution in [1.29, 1.82) is 0 Å². The molecule has 0 aliphatic heterocycles. The summed E-state index contributed by atoms with van der Waals surface area (Å²) in [5.74, 6) is 2.15. The van der Waals surface area contributed by atoms with E-state index in [4.69, 9.17) is 4.74 Å². The van der Waals surface area contributed by atoms with E-state index in [2.05, 4.69) is 13.8 Å². The standard InChI is InChI=1S/C14H28O2/c1-4-16-9-5-6-14(15)13-8-7-11(2)12(3)10-13/h11-15H,4-10H2,1-3H3. The Morgan fingerprint density at radius 2 is 2.00 bits per heavy atom. The Balaban J connectivity index is 2.18. The lowest BCUT2D eigenvalue weighted by atomic mass is 9.73. The van der Waals surface area contributed by atoms with Crippen molar-refractivity contribution >= 4 is 0 Å². The zero-order chi connectivity index (χ0) is 12.0. The highest BCUT2D eigenvalue weighted by molar-refractivity contribution is 4.79. The van der Waals surface area contributed by atoms with E-state index in [0.717, 1.165) is 37.9 Å². The average Bonchev–Trinajstić information content (AvgIpc) is 2.28. The fraction of sp³-hybridized carbons (Fsp3) is 1.00. The van der Waals surface area contributed by atoms with Crippen LogP contribution in [0.5, 0.6) is 0 Å². The van der Waals surface area contributed by atoms with Crippen LogP contribution in [0.25, 0.3) is 0 Å². The van der Waals surface area contributed by atoms with Gasteiger partial charge in [0.2, 0.25) is 0 Å². The van der Waals surface area contributed by atoms with Gasteiger partial charge in [-0.3, -0.25) is 0 Å². The molecule has 16 heavy (non-hydrogen) atoms. The first-order valence-electron chi connectivity index (χ1n) is 6.91. The van der Waals surface area contributed by atoms with E-state index in [9.17, 15) is 5.11 Å². The third-order valence-electron chi connectivity index (χ3n) is 4.18. The molecule has 1 aliphatic rings. The van der Waals surface area contributed by atoms with Gasteiger partial charge in [-0.2, -0.15) is 0 Å². The van der Waals surface area contributed by atoms with Crippen molar-refractivity contribution in [3.8, 4) is 0 Å². The largest absolute Gasteiger partial charge is 0.393 e. The molecule has 0 radical (unpaired) electrons.